The van der Waals surface area contributed by atoms with Gasteiger partial charge in [-0.25, -0.2) is 0 Å². The molecule has 0 amide bonds. The highest BCUT2D eigenvalue weighted by Crippen LogP contribution is 2.16. The van der Waals surface area contributed by atoms with Crippen molar-refractivity contribution in [2.24, 2.45) is 0 Å². The maximum atomic E-state index is 8.40. The molecule has 1 atom stereocenters. The molecule has 0 aromatic heterocycles. The average Bonchev–Trinajstić information content (AvgIpc) is 2.48. The lowest BCUT2D eigenvalue weighted by Crippen LogP contribution is -2.03. The lowest BCUT2D eigenvalue weighted by Gasteiger charge is -1.99. The Balaban J connectivity index is 1.81. The van der Waals surface area contributed by atoms with Crippen LogP contribution >= 0.6 is 0 Å². The van der Waals surface area contributed by atoms with Gasteiger partial charge >= 0.3 is 0 Å². The molecule has 1 unspecified atom stereocenters. The Bertz CT molecular complexity index is 76.4. The van der Waals surface area contributed by atoms with Crippen molar-refractivity contribution in [2.75, 3.05) is 6.61 Å². The van der Waals surface area contributed by atoms with Gasteiger partial charge in [0.25, 0.3) is 0 Å². The Morgan fingerprint density at radius 3 is 2.67 bits per heavy atom. The van der Waals surface area contributed by atoms with Crippen molar-refractivity contribution in [1.82, 2.24) is 0 Å². The topological polar surface area (TPSA) is 53.0 Å². The molecule has 54 valence electrons. The van der Waals surface area contributed by atoms with Gasteiger partial charge in [0.05, 0.1) is 12.7 Å². The molecule has 0 aromatic rings. The first-order valence-electron chi connectivity index (χ1n) is 3.27. The van der Waals surface area contributed by atoms with E-state index in [4.69, 9.17) is 14.9 Å². The Kier molecular flexibility index (Phi) is 2.45. The lowest BCUT2D eigenvalue weighted by molar-refractivity contribution is -0.0467. The van der Waals surface area contributed by atoms with Crippen molar-refractivity contribution >= 4 is 0 Å². The van der Waals surface area contributed by atoms with E-state index in [2.05, 4.69) is 0 Å². The van der Waals surface area contributed by atoms with E-state index in [1.807, 2.05) is 0 Å². The second-order valence-corrected chi connectivity index (χ2v) is 2.37. The second-order valence-electron chi connectivity index (χ2n) is 2.37. The van der Waals surface area contributed by atoms with Crippen molar-refractivity contribution in [2.45, 2.75) is 31.7 Å². The number of rotatable bonds is 4. The molecule has 0 saturated carbocycles. The highest BCUT2D eigenvalue weighted by molar-refractivity contribution is 4.68. The van der Waals surface area contributed by atoms with Crippen LogP contribution < -0.4 is 0 Å². The Hall–Kier alpha value is -0.120. The van der Waals surface area contributed by atoms with E-state index in [-0.39, 0.29) is 0 Å². The van der Waals surface area contributed by atoms with E-state index >= 15 is 0 Å². The maximum absolute atomic E-state index is 8.40. The van der Waals surface area contributed by atoms with Gasteiger partial charge in [0.1, 0.15) is 0 Å². The zero-order chi connectivity index (χ0) is 6.69. The molecular formula is C6H12O3. The van der Waals surface area contributed by atoms with Crippen LogP contribution in [0.2, 0.25) is 0 Å². The fourth-order valence-electron chi connectivity index (χ4n) is 0.763. The van der Waals surface area contributed by atoms with Crippen LogP contribution in [0, 0.1) is 0 Å². The number of aliphatic hydroxyl groups is 2. The van der Waals surface area contributed by atoms with Gasteiger partial charge in [-0.2, -0.15) is 0 Å². The third-order valence-corrected chi connectivity index (χ3v) is 1.39. The van der Waals surface area contributed by atoms with Crippen molar-refractivity contribution in [3.05, 3.63) is 0 Å². The van der Waals surface area contributed by atoms with Crippen LogP contribution in [0.15, 0.2) is 0 Å². The summed E-state index contributed by atoms with van der Waals surface area (Å²) in [5.41, 5.74) is 0. The quantitative estimate of drug-likeness (QED) is 0.413. The molecule has 1 aliphatic rings. The summed E-state index contributed by atoms with van der Waals surface area (Å²) < 4.78 is 4.93. The Morgan fingerprint density at radius 2 is 2.22 bits per heavy atom. The molecule has 9 heavy (non-hydrogen) atoms. The standard InChI is InChI=1S/C6H12O3/c7-6(8)3-1-2-5-4-9-5/h5-8H,1-4H2. The summed E-state index contributed by atoms with van der Waals surface area (Å²) in [5, 5.41) is 16.8. The number of epoxide rings is 1. The predicted molar refractivity (Wildman–Crippen MR) is 31.8 cm³/mol. The van der Waals surface area contributed by atoms with Crippen molar-refractivity contribution in [3.8, 4) is 0 Å². The third kappa shape index (κ3) is 3.46. The summed E-state index contributed by atoms with van der Waals surface area (Å²) in [6, 6.07) is 0. The van der Waals surface area contributed by atoms with Gasteiger partial charge in [0.15, 0.2) is 6.29 Å². The molecule has 0 radical (unpaired) electrons. The van der Waals surface area contributed by atoms with E-state index < -0.39 is 6.29 Å². The first kappa shape index (κ1) is 6.99. The molecule has 1 saturated heterocycles. The second kappa shape index (κ2) is 3.15. The Morgan fingerprint density at radius 1 is 1.56 bits per heavy atom. The minimum atomic E-state index is -1.14. The van der Waals surface area contributed by atoms with Crippen LogP contribution in [0.4, 0.5) is 0 Å². The normalized spacial score (nSPS) is 25.0. The number of aliphatic hydroxyl groups excluding tert-OH is 1. The maximum Gasteiger partial charge on any atom is 0.151 e. The predicted octanol–water partition coefficient (Wildman–Crippen LogP) is -0.134. The summed E-state index contributed by atoms with van der Waals surface area (Å²) in [6.07, 6.45) is 1.58. The number of hydrogen-bond acceptors (Lipinski definition) is 3. The Labute approximate surface area is 54.3 Å². The van der Waals surface area contributed by atoms with Crippen LogP contribution in [0.25, 0.3) is 0 Å². The van der Waals surface area contributed by atoms with Crippen LogP contribution in [-0.2, 0) is 4.74 Å². The van der Waals surface area contributed by atoms with Crippen LogP contribution in [0.1, 0.15) is 19.3 Å². The van der Waals surface area contributed by atoms with E-state index in [9.17, 15) is 0 Å². The zero-order valence-electron chi connectivity index (χ0n) is 5.29. The average molecular weight is 132 g/mol. The van der Waals surface area contributed by atoms with Gasteiger partial charge in [0.2, 0.25) is 0 Å². The van der Waals surface area contributed by atoms with Gasteiger partial charge in [-0.1, -0.05) is 0 Å². The molecule has 1 heterocycles. The summed E-state index contributed by atoms with van der Waals surface area (Å²) in [5.74, 6) is 0. The van der Waals surface area contributed by atoms with Crippen LogP contribution in [0.3, 0.4) is 0 Å². The fraction of sp³-hybridized carbons (Fsp3) is 1.00. The van der Waals surface area contributed by atoms with Crippen molar-refractivity contribution in [1.29, 1.82) is 0 Å². The molecular weight excluding hydrogens is 120 g/mol. The largest absolute Gasteiger partial charge is 0.373 e. The fourth-order valence-corrected chi connectivity index (χ4v) is 0.763. The summed E-state index contributed by atoms with van der Waals surface area (Å²) in [7, 11) is 0. The number of ether oxygens (including phenoxy) is 1. The first-order valence-corrected chi connectivity index (χ1v) is 3.27. The van der Waals surface area contributed by atoms with Crippen LogP contribution in [-0.4, -0.2) is 29.2 Å². The molecule has 3 heteroatoms. The van der Waals surface area contributed by atoms with E-state index in [1.54, 1.807) is 0 Å². The van der Waals surface area contributed by atoms with Gasteiger partial charge < -0.3 is 14.9 Å². The molecule has 0 aromatic carbocycles. The summed E-state index contributed by atoms with van der Waals surface area (Å²) >= 11 is 0. The van der Waals surface area contributed by atoms with Gasteiger partial charge in [-0.15, -0.1) is 0 Å². The van der Waals surface area contributed by atoms with E-state index in [0.717, 1.165) is 19.4 Å². The smallest absolute Gasteiger partial charge is 0.151 e. The highest BCUT2D eigenvalue weighted by atomic mass is 16.6. The summed E-state index contributed by atoms with van der Waals surface area (Å²) in [4.78, 5) is 0. The van der Waals surface area contributed by atoms with E-state index in [0.29, 0.717) is 12.5 Å². The molecule has 2 N–H and O–H groups in total. The molecule has 0 aliphatic carbocycles. The zero-order valence-corrected chi connectivity index (χ0v) is 5.29. The number of hydrogen-bond donors (Lipinski definition) is 2. The molecule has 1 rings (SSSR count). The molecule has 3 nitrogen and oxygen atoms in total. The summed E-state index contributed by atoms with van der Waals surface area (Å²) in [6.45, 7) is 0.863. The SMILES string of the molecule is OC(O)CCCC1CO1. The molecule has 1 aliphatic heterocycles. The third-order valence-electron chi connectivity index (χ3n) is 1.39. The minimum Gasteiger partial charge on any atom is -0.373 e. The van der Waals surface area contributed by atoms with Gasteiger partial charge in [-0.05, 0) is 19.3 Å². The van der Waals surface area contributed by atoms with Crippen LogP contribution in [0.5, 0.6) is 0 Å². The molecule has 0 spiro atoms. The van der Waals surface area contributed by atoms with Crippen molar-refractivity contribution < 1.29 is 14.9 Å². The van der Waals surface area contributed by atoms with E-state index in [1.165, 1.54) is 0 Å². The molecule has 0 bridgehead atoms. The highest BCUT2D eigenvalue weighted by Gasteiger charge is 2.21. The first-order chi connectivity index (χ1) is 4.29. The van der Waals surface area contributed by atoms with Gasteiger partial charge in [0, 0.05) is 0 Å². The van der Waals surface area contributed by atoms with Crippen molar-refractivity contribution in [3.63, 3.8) is 0 Å². The minimum absolute atomic E-state index is 0.420. The van der Waals surface area contributed by atoms with Gasteiger partial charge in [-0.3, -0.25) is 0 Å². The monoisotopic (exact) mass is 132 g/mol. The molecule has 1 fully saturated rings. The lowest BCUT2D eigenvalue weighted by atomic mass is 10.2.